The average Bonchev–Trinajstić information content (AvgIpc) is 4.11. The van der Waals surface area contributed by atoms with Gasteiger partial charge in [0.15, 0.2) is 0 Å². The topological polar surface area (TPSA) is 15.3 Å². The first kappa shape index (κ1) is 42.3. The molecule has 0 aliphatic carbocycles. The summed E-state index contributed by atoms with van der Waals surface area (Å²) in [5.74, 6) is 0. The summed E-state index contributed by atoms with van der Waals surface area (Å²) in [5.41, 5.74) is 19.7. The van der Waals surface area contributed by atoms with E-state index in [9.17, 15) is 0 Å². The Morgan fingerprint density at radius 1 is 0.357 bits per heavy atom. The van der Waals surface area contributed by atoms with Crippen LogP contribution in [0, 0.1) is 13.8 Å². The summed E-state index contributed by atoms with van der Waals surface area (Å²) in [7, 11) is 0. The summed E-state index contributed by atoms with van der Waals surface area (Å²) in [5, 5.41) is 10.1. The summed E-state index contributed by atoms with van der Waals surface area (Å²) in [6.45, 7) is 18.3. The molecule has 342 valence electrons. The van der Waals surface area contributed by atoms with Crippen LogP contribution in [0.15, 0.2) is 182 Å². The van der Waals surface area contributed by atoms with Gasteiger partial charge in [-0.3, -0.25) is 0 Å². The second-order valence-electron chi connectivity index (χ2n) is 21.2. The molecule has 4 heterocycles. The minimum absolute atomic E-state index is 0.0457. The van der Waals surface area contributed by atoms with E-state index in [0.29, 0.717) is 0 Å². The monoisotopic (exact) mass is 906 g/mol. The Balaban J connectivity index is 1.09. The summed E-state index contributed by atoms with van der Waals surface area (Å²) < 4.78 is 5.12. The van der Waals surface area contributed by atoms with Crippen molar-refractivity contribution in [1.29, 1.82) is 0 Å². The van der Waals surface area contributed by atoms with Gasteiger partial charge in [0.05, 0.1) is 44.5 Å². The smallest absolute Gasteiger partial charge is 0.0641 e. The van der Waals surface area contributed by atoms with Crippen molar-refractivity contribution in [3.8, 4) is 0 Å². The summed E-state index contributed by atoms with van der Waals surface area (Å²) in [4.78, 5) is 4.98. The van der Waals surface area contributed by atoms with Crippen LogP contribution in [0.3, 0.4) is 0 Å². The standard InChI is InChI=1S/C66H58N4/c1-9-65(5,6)43-17-15-19-47(37-43)67(45-29-25-41(3)26-30-45)57-35-33-49-53-39-60-54(40-59(53)69-55-23-13-11-21-51(55)61(57)63(49)69)50-34-36-58(62-52-22-12-14-24-56(52)70(60)64(50)62)68(46-31-27-42(4)28-32-46)48-20-16-18-44(38-48)66(7,8)10-2/h11-40H,9-10H2,1-8H3. The minimum Gasteiger partial charge on any atom is -0.310 e. The van der Waals surface area contributed by atoms with Crippen molar-refractivity contribution in [3.63, 3.8) is 0 Å². The van der Waals surface area contributed by atoms with E-state index >= 15 is 0 Å². The van der Waals surface area contributed by atoms with Gasteiger partial charge in [-0.25, -0.2) is 0 Å². The van der Waals surface area contributed by atoms with Crippen molar-refractivity contribution >= 4 is 110 Å². The van der Waals surface area contributed by atoms with Crippen LogP contribution in [-0.2, 0) is 10.8 Å². The number of rotatable bonds is 10. The number of aryl methyl sites for hydroxylation is 2. The molecule has 0 aliphatic heterocycles. The van der Waals surface area contributed by atoms with E-state index in [1.54, 1.807) is 0 Å². The lowest BCUT2D eigenvalue weighted by atomic mass is 9.82. The van der Waals surface area contributed by atoms with Crippen LogP contribution in [0.2, 0.25) is 0 Å². The van der Waals surface area contributed by atoms with E-state index in [4.69, 9.17) is 0 Å². The number of para-hydroxylation sites is 2. The molecule has 0 atom stereocenters. The third-order valence-electron chi connectivity index (χ3n) is 16.4. The van der Waals surface area contributed by atoms with Crippen LogP contribution in [-0.4, -0.2) is 8.80 Å². The molecule has 9 aromatic carbocycles. The second kappa shape index (κ2) is 15.3. The third-order valence-corrected chi connectivity index (χ3v) is 16.4. The van der Waals surface area contributed by atoms with Crippen LogP contribution >= 0.6 is 0 Å². The van der Waals surface area contributed by atoms with Crippen LogP contribution in [0.1, 0.15) is 76.6 Å². The molecule has 13 aromatic rings. The lowest BCUT2D eigenvalue weighted by molar-refractivity contribution is 0.506. The number of hydrogen-bond acceptors (Lipinski definition) is 2. The molecule has 0 spiro atoms. The predicted octanol–water partition coefficient (Wildman–Crippen LogP) is 18.9. The van der Waals surface area contributed by atoms with E-state index in [-0.39, 0.29) is 10.8 Å². The first-order valence-corrected chi connectivity index (χ1v) is 25.2. The molecule has 70 heavy (non-hydrogen) atoms. The highest BCUT2D eigenvalue weighted by Gasteiger charge is 2.29. The highest BCUT2D eigenvalue weighted by atomic mass is 15.2. The van der Waals surface area contributed by atoms with Crippen molar-refractivity contribution in [3.05, 3.63) is 204 Å². The number of benzene rings is 9. The molecule has 0 radical (unpaired) electrons. The molecule has 4 nitrogen and oxygen atoms in total. The normalized spacial score (nSPS) is 12.7. The van der Waals surface area contributed by atoms with Crippen molar-refractivity contribution in [2.75, 3.05) is 9.80 Å². The summed E-state index contributed by atoms with van der Waals surface area (Å²) >= 11 is 0. The van der Waals surface area contributed by atoms with Gasteiger partial charge >= 0.3 is 0 Å². The van der Waals surface area contributed by atoms with Crippen LogP contribution < -0.4 is 9.80 Å². The van der Waals surface area contributed by atoms with Crippen LogP contribution in [0.4, 0.5) is 34.1 Å². The molecule has 0 aliphatic rings. The van der Waals surface area contributed by atoms with Gasteiger partial charge in [-0.2, -0.15) is 0 Å². The van der Waals surface area contributed by atoms with Crippen molar-refractivity contribution in [1.82, 2.24) is 8.80 Å². The summed E-state index contributed by atoms with van der Waals surface area (Å²) in [6.07, 6.45) is 2.12. The van der Waals surface area contributed by atoms with Gasteiger partial charge in [-0.05, 0) is 134 Å². The highest BCUT2D eigenvalue weighted by molar-refractivity contribution is 6.32. The highest BCUT2D eigenvalue weighted by Crippen LogP contribution is 2.52. The number of nitrogens with zero attached hydrogens (tertiary/aromatic N) is 4. The van der Waals surface area contributed by atoms with Crippen molar-refractivity contribution in [2.45, 2.75) is 79.1 Å². The van der Waals surface area contributed by atoms with E-state index in [1.165, 1.54) is 121 Å². The third kappa shape index (κ3) is 6.08. The Bertz CT molecular complexity index is 3890. The molecule has 0 amide bonds. The molecular formula is C66H58N4. The molecule has 0 fully saturated rings. The van der Waals surface area contributed by atoms with Crippen molar-refractivity contribution in [2.24, 2.45) is 0 Å². The number of fused-ring (bicyclic) bond motifs is 12. The number of anilines is 6. The molecular weight excluding hydrogens is 849 g/mol. The average molecular weight is 907 g/mol. The Labute approximate surface area is 410 Å². The van der Waals surface area contributed by atoms with Gasteiger partial charge in [0.25, 0.3) is 0 Å². The molecule has 0 saturated heterocycles. The zero-order valence-electron chi connectivity index (χ0n) is 41.5. The van der Waals surface area contributed by atoms with E-state index < -0.39 is 0 Å². The lowest BCUT2D eigenvalue weighted by Gasteiger charge is -2.29. The Morgan fingerprint density at radius 2 is 0.757 bits per heavy atom. The quantitative estimate of drug-likeness (QED) is 0.136. The summed E-state index contributed by atoms with van der Waals surface area (Å²) in [6, 6.07) is 69.1. The SMILES string of the molecule is CCC(C)(C)c1cccc(N(c2ccc(C)cc2)c2ccc3c4cc5c(cc4n4c6ccccc6c2c34)c2ccc(N(c3ccc(C)cc3)c3cccc(C(C)(C)CC)c3)c3c4ccccc4n5c23)c1. The molecule has 0 N–H and O–H groups in total. The van der Waals surface area contributed by atoms with Gasteiger partial charge in [-0.15, -0.1) is 0 Å². The van der Waals surface area contributed by atoms with Gasteiger partial charge in [0, 0.05) is 65.8 Å². The molecule has 4 aromatic heterocycles. The Morgan fingerprint density at radius 3 is 1.16 bits per heavy atom. The Kier molecular flexibility index (Phi) is 9.27. The number of aromatic nitrogens is 2. The first-order chi connectivity index (χ1) is 34.0. The molecule has 0 bridgehead atoms. The minimum atomic E-state index is 0.0457. The second-order valence-corrected chi connectivity index (χ2v) is 21.2. The first-order valence-electron chi connectivity index (χ1n) is 25.2. The Hall–Kier alpha value is -7.82. The van der Waals surface area contributed by atoms with Gasteiger partial charge in [-0.1, -0.05) is 150 Å². The van der Waals surface area contributed by atoms with Gasteiger partial charge < -0.3 is 18.6 Å². The fraction of sp³-hybridized carbons (Fsp3) is 0.182. The van der Waals surface area contributed by atoms with Crippen molar-refractivity contribution < 1.29 is 0 Å². The van der Waals surface area contributed by atoms with Gasteiger partial charge in [0.1, 0.15) is 0 Å². The molecule has 13 rings (SSSR count). The zero-order valence-corrected chi connectivity index (χ0v) is 41.5. The number of hydrogen-bond donors (Lipinski definition) is 0. The molecule has 0 saturated carbocycles. The van der Waals surface area contributed by atoms with E-state index in [0.717, 1.165) is 24.2 Å². The van der Waals surface area contributed by atoms with Crippen LogP contribution in [0.25, 0.3) is 76.2 Å². The maximum absolute atomic E-state index is 2.56. The van der Waals surface area contributed by atoms with E-state index in [2.05, 4.69) is 256 Å². The fourth-order valence-corrected chi connectivity index (χ4v) is 11.6. The molecule has 4 heteroatoms. The fourth-order valence-electron chi connectivity index (χ4n) is 11.6. The maximum Gasteiger partial charge on any atom is 0.0641 e. The maximum atomic E-state index is 2.56. The van der Waals surface area contributed by atoms with Gasteiger partial charge in [0.2, 0.25) is 0 Å². The molecule has 0 unspecified atom stereocenters. The predicted molar refractivity (Wildman–Crippen MR) is 301 cm³/mol. The largest absolute Gasteiger partial charge is 0.310 e. The zero-order chi connectivity index (χ0) is 47.8. The van der Waals surface area contributed by atoms with Crippen LogP contribution in [0.5, 0.6) is 0 Å². The van der Waals surface area contributed by atoms with E-state index in [1.807, 2.05) is 0 Å². The lowest BCUT2D eigenvalue weighted by Crippen LogP contribution is -2.17.